The minimum atomic E-state index is -0.837. The van der Waals surface area contributed by atoms with Crippen LogP contribution in [0.2, 0.25) is 0 Å². The summed E-state index contributed by atoms with van der Waals surface area (Å²) < 4.78 is 5.39. The van der Waals surface area contributed by atoms with Gasteiger partial charge in [-0.2, -0.15) is 0 Å². The molecule has 1 atom stereocenters. The highest BCUT2D eigenvalue weighted by molar-refractivity contribution is 5.78. The second kappa shape index (κ2) is 4.94. The number of carbonyl (C=O) groups is 1. The molecule has 0 amide bonds. The van der Waals surface area contributed by atoms with Gasteiger partial charge in [-0.1, -0.05) is 0 Å². The van der Waals surface area contributed by atoms with E-state index >= 15 is 0 Å². The monoisotopic (exact) mass is 215 g/mol. The Morgan fingerprint density at radius 3 is 2.60 bits per heavy atom. The maximum absolute atomic E-state index is 11.1. The largest absolute Gasteiger partial charge is 0.480 e. The number of nitrogens with one attached hydrogen (secondary N) is 1. The van der Waals surface area contributed by atoms with E-state index in [1.54, 1.807) is 6.92 Å². The Bertz CT molecular complexity index is 226. The zero-order valence-corrected chi connectivity index (χ0v) is 9.75. The maximum atomic E-state index is 11.1. The predicted molar refractivity (Wildman–Crippen MR) is 57.9 cm³/mol. The first-order valence-corrected chi connectivity index (χ1v) is 5.57. The van der Waals surface area contributed by atoms with Crippen molar-refractivity contribution in [2.45, 2.75) is 57.7 Å². The van der Waals surface area contributed by atoms with E-state index in [9.17, 15) is 4.79 Å². The summed E-state index contributed by atoms with van der Waals surface area (Å²) in [5, 5.41) is 12.3. The van der Waals surface area contributed by atoms with Gasteiger partial charge in [-0.25, -0.2) is 0 Å². The van der Waals surface area contributed by atoms with Gasteiger partial charge >= 0.3 is 5.97 Å². The molecule has 1 fully saturated rings. The summed E-state index contributed by atoms with van der Waals surface area (Å²) in [5.74, 6) is -0.790. The summed E-state index contributed by atoms with van der Waals surface area (Å²) >= 11 is 0. The Kier molecular flexibility index (Phi) is 4.11. The maximum Gasteiger partial charge on any atom is 0.323 e. The summed E-state index contributed by atoms with van der Waals surface area (Å²) in [6, 6.07) is 0.394. The molecule has 0 aliphatic heterocycles. The summed E-state index contributed by atoms with van der Waals surface area (Å²) in [7, 11) is 0. The van der Waals surface area contributed by atoms with Crippen molar-refractivity contribution in [3.8, 4) is 0 Å². The number of hydrogen-bond donors (Lipinski definition) is 2. The molecule has 1 aliphatic carbocycles. The van der Waals surface area contributed by atoms with Gasteiger partial charge in [0.15, 0.2) is 0 Å². The molecule has 0 bridgehead atoms. The van der Waals surface area contributed by atoms with Gasteiger partial charge in [0, 0.05) is 12.6 Å². The van der Waals surface area contributed by atoms with E-state index in [1.165, 1.54) is 0 Å². The van der Waals surface area contributed by atoms with Crippen LogP contribution in [0.4, 0.5) is 0 Å². The average Bonchev–Trinajstić information content (AvgIpc) is 2.87. The van der Waals surface area contributed by atoms with Crippen molar-refractivity contribution >= 4 is 5.97 Å². The molecular formula is C11H21NO3. The number of hydrogen-bond acceptors (Lipinski definition) is 3. The lowest BCUT2D eigenvalue weighted by molar-refractivity contribution is -0.145. The minimum Gasteiger partial charge on any atom is -0.480 e. The molecule has 15 heavy (non-hydrogen) atoms. The fourth-order valence-corrected chi connectivity index (χ4v) is 1.42. The first-order valence-electron chi connectivity index (χ1n) is 5.57. The third-order valence-corrected chi connectivity index (χ3v) is 2.63. The first-order chi connectivity index (χ1) is 6.94. The molecule has 1 unspecified atom stereocenters. The van der Waals surface area contributed by atoms with Gasteiger partial charge in [-0.3, -0.25) is 10.1 Å². The van der Waals surface area contributed by atoms with Crippen LogP contribution < -0.4 is 5.32 Å². The molecule has 1 saturated carbocycles. The van der Waals surface area contributed by atoms with E-state index in [0.717, 1.165) is 12.8 Å². The van der Waals surface area contributed by atoms with Crippen molar-refractivity contribution in [1.82, 2.24) is 5.32 Å². The van der Waals surface area contributed by atoms with E-state index in [0.29, 0.717) is 19.1 Å². The Morgan fingerprint density at radius 1 is 1.60 bits per heavy atom. The van der Waals surface area contributed by atoms with Gasteiger partial charge in [0.2, 0.25) is 0 Å². The van der Waals surface area contributed by atoms with Crippen LogP contribution in [0.25, 0.3) is 0 Å². The second-order valence-corrected chi connectivity index (χ2v) is 4.73. The molecule has 2 N–H and O–H groups in total. The lowest BCUT2D eigenvalue weighted by Crippen LogP contribution is -2.51. The zero-order chi connectivity index (χ0) is 11.5. The topological polar surface area (TPSA) is 58.6 Å². The average molecular weight is 215 g/mol. The highest BCUT2D eigenvalue weighted by Crippen LogP contribution is 2.24. The van der Waals surface area contributed by atoms with Crippen LogP contribution in [-0.2, 0) is 9.53 Å². The van der Waals surface area contributed by atoms with E-state index in [1.807, 2.05) is 13.8 Å². The molecule has 0 aromatic rings. The molecule has 1 rings (SSSR count). The van der Waals surface area contributed by atoms with Crippen LogP contribution in [0.3, 0.4) is 0 Å². The third-order valence-electron chi connectivity index (χ3n) is 2.63. The van der Waals surface area contributed by atoms with Crippen LogP contribution >= 0.6 is 0 Å². The van der Waals surface area contributed by atoms with Gasteiger partial charge in [0.05, 0.1) is 6.10 Å². The Hall–Kier alpha value is -0.610. The molecule has 0 aromatic heterocycles. The van der Waals surface area contributed by atoms with E-state index in [2.05, 4.69) is 5.32 Å². The molecular weight excluding hydrogens is 194 g/mol. The molecule has 0 spiro atoms. The van der Waals surface area contributed by atoms with Crippen LogP contribution in [0.15, 0.2) is 0 Å². The highest BCUT2D eigenvalue weighted by Gasteiger charge is 2.38. The standard InChI is InChI=1S/C11H21NO3/c1-8(2)15-7-6-11(3,10(13)14)12-9-4-5-9/h8-9,12H,4-7H2,1-3H3,(H,13,14). The van der Waals surface area contributed by atoms with Crippen molar-refractivity contribution in [3.63, 3.8) is 0 Å². The van der Waals surface area contributed by atoms with Crippen LogP contribution in [0.5, 0.6) is 0 Å². The molecule has 1 aliphatic rings. The Labute approximate surface area is 91.0 Å². The number of carboxylic acids is 1. The summed E-state index contributed by atoms with van der Waals surface area (Å²) in [5.41, 5.74) is -0.837. The number of aliphatic carboxylic acids is 1. The van der Waals surface area contributed by atoms with Crippen molar-refractivity contribution in [3.05, 3.63) is 0 Å². The van der Waals surface area contributed by atoms with E-state index < -0.39 is 11.5 Å². The fraction of sp³-hybridized carbons (Fsp3) is 0.909. The lowest BCUT2D eigenvalue weighted by Gasteiger charge is -2.26. The molecule has 4 nitrogen and oxygen atoms in total. The van der Waals surface area contributed by atoms with E-state index in [4.69, 9.17) is 9.84 Å². The minimum absolute atomic E-state index is 0.156. The first kappa shape index (κ1) is 12.5. The fourth-order valence-electron chi connectivity index (χ4n) is 1.42. The smallest absolute Gasteiger partial charge is 0.323 e. The molecule has 88 valence electrons. The van der Waals surface area contributed by atoms with E-state index in [-0.39, 0.29) is 6.10 Å². The highest BCUT2D eigenvalue weighted by atomic mass is 16.5. The van der Waals surface area contributed by atoms with Crippen LogP contribution in [0, 0.1) is 0 Å². The van der Waals surface area contributed by atoms with Gasteiger partial charge in [0.25, 0.3) is 0 Å². The Balaban J connectivity index is 2.37. The second-order valence-electron chi connectivity index (χ2n) is 4.73. The van der Waals surface area contributed by atoms with Crippen molar-refractivity contribution in [1.29, 1.82) is 0 Å². The lowest BCUT2D eigenvalue weighted by atomic mass is 9.98. The van der Waals surface area contributed by atoms with Crippen LogP contribution in [-0.4, -0.2) is 35.4 Å². The van der Waals surface area contributed by atoms with Crippen molar-refractivity contribution < 1.29 is 14.6 Å². The summed E-state index contributed by atoms with van der Waals surface area (Å²) in [6.45, 7) is 6.12. The molecule has 0 heterocycles. The van der Waals surface area contributed by atoms with Gasteiger partial charge in [-0.05, 0) is 40.0 Å². The van der Waals surface area contributed by atoms with Gasteiger partial charge < -0.3 is 9.84 Å². The predicted octanol–water partition coefficient (Wildman–Crippen LogP) is 1.40. The number of ether oxygens (including phenoxy) is 1. The molecule has 0 radical (unpaired) electrons. The summed E-state index contributed by atoms with van der Waals surface area (Å²) in [6.07, 6.45) is 2.85. The Morgan fingerprint density at radius 2 is 2.20 bits per heavy atom. The van der Waals surface area contributed by atoms with Crippen molar-refractivity contribution in [2.24, 2.45) is 0 Å². The third kappa shape index (κ3) is 4.18. The normalized spacial score (nSPS) is 20.3. The molecule has 4 heteroatoms. The summed E-state index contributed by atoms with van der Waals surface area (Å²) in [4.78, 5) is 11.1. The molecule has 0 aromatic carbocycles. The molecule has 0 saturated heterocycles. The SMILES string of the molecule is CC(C)OCCC(C)(NC1CC1)C(=O)O. The quantitative estimate of drug-likeness (QED) is 0.674. The van der Waals surface area contributed by atoms with Crippen molar-refractivity contribution in [2.75, 3.05) is 6.61 Å². The van der Waals surface area contributed by atoms with Crippen LogP contribution in [0.1, 0.15) is 40.0 Å². The number of rotatable bonds is 7. The number of carboxylic acid groups (broad SMARTS) is 1. The zero-order valence-electron chi connectivity index (χ0n) is 9.75. The van der Waals surface area contributed by atoms with Gasteiger partial charge in [-0.15, -0.1) is 0 Å². The van der Waals surface area contributed by atoms with Gasteiger partial charge in [0.1, 0.15) is 5.54 Å².